The number of amides is 1. The minimum absolute atomic E-state index is 0.239. The van der Waals surface area contributed by atoms with Gasteiger partial charge in [0.25, 0.3) is 0 Å². The summed E-state index contributed by atoms with van der Waals surface area (Å²) >= 11 is 0. The predicted octanol–water partition coefficient (Wildman–Crippen LogP) is 5.07. The SMILES string of the molecule is CCCCCCCCCCCC(=O)NCC(C)CC. The molecule has 0 aliphatic carbocycles. The smallest absolute Gasteiger partial charge is 0.220 e. The number of rotatable bonds is 13. The van der Waals surface area contributed by atoms with Crippen LogP contribution in [0.15, 0.2) is 0 Å². The molecular weight excluding hydrogens is 234 g/mol. The zero-order valence-electron chi connectivity index (χ0n) is 13.5. The average Bonchev–Trinajstić information content (AvgIpc) is 2.42. The van der Waals surface area contributed by atoms with Gasteiger partial charge in [-0.25, -0.2) is 0 Å². The molecule has 0 aromatic heterocycles. The molecule has 0 bridgehead atoms. The van der Waals surface area contributed by atoms with Crippen molar-refractivity contribution in [3.8, 4) is 0 Å². The summed E-state index contributed by atoms with van der Waals surface area (Å²) in [6.45, 7) is 7.44. The summed E-state index contributed by atoms with van der Waals surface area (Å²) in [5, 5.41) is 3.02. The van der Waals surface area contributed by atoms with Gasteiger partial charge in [0.15, 0.2) is 0 Å². The maximum Gasteiger partial charge on any atom is 0.220 e. The summed E-state index contributed by atoms with van der Waals surface area (Å²) in [6, 6.07) is 0. The summed E-state index contributed by atoms with van der Waals surface area (Å²) in [5.74, 6) is 0.843. The van der Waals surface area contributed by atoms with Crippen LogP contribution < -0.4 is 5.32 Å². The van der Waals surface area contributed by atoms with Gasteiger partial charge in [0.1, 0.15) is 0 Å². The number of hydrogen-bond donors (Lipinski definition) is 1. The molecular formula is C17H35NO. The average molecular weight is 269 g/mol. The molecule has 1 atom stereocenters. The van der Waals surface area contributed by atoms with Gasteiger partial charge in [0, 0.05) is 13.0 Å². The van der Waals surface area contributed by atoms with Crippen LogP contribution in [0, 0.1) is 5.92 Å². The molecule has 1 amide bonds. The molecule has 2 heteroatoms. The fraction of sp³-hybridized carbons (Fsp3) is 0.941. The van der Waals surface area contributed by atoms with Crippen molar-refractivity contribution in [3.63, 3.8) is 0 Å². The molecule has 0 spiro atoms. The molecule has 0 rings (SSSR count). The first-order chi connectivity index (χ1) is 9.20. The molecule has 0 aromatic carbocycles. The van der Waals surface area contributed by atoms with Crippen molar-refractivity contribution in [2.45, 2.75) is 91.4 Å². The lowest BCUT2D eigenvalue weighted by atomic mass is 10.1. The van der Waals surface area contributed by atoms with E-state index in [-0.39, 0.29) is 5.91 Å². The van der Waals surface area contributed by atoms with E-state index in [1.54, 1.807) is 0 Å². The molecule has 1 N–H and O–H groups in total. The number of hydrogen-bond acceptors (Lipinski definition) is 1. The van der Waals surface area contributed by atoms with Gasteiger partial charge >= 0.3 is 0 Å². The molecule has 0 saturated carbocycles. The summed E-state index contributed by atoms with van der Waals surface area (Å²) in [5.41, 5.74) is 0. The molecule has 19 heavy (non-hydrogen) atoms. The molecule has 0 heterocycles. The normalized spacial score (nSPS) is 12.4. The van der Waals surface area contributed by atoms with E-state index >= 15 is 0 Å². The van der Waals surface area contributed by atoms with Crippen LogP contribution in [0.1, 0.15) is 91.4 Å². The van der Waals surface area contributed by atoms with E-state index in [2.05, 4.69) is 26.1 Å². The first kappa shape index (κ1) is 18.5. The first-order valence-corrected chi connectivity index (χ1v) is 8.47. The number of unbranched alkanes of at least 4 members (excludes halogenated alkanes) is 8. The minimum Gasteiger partial charge on any atom is -0.356 e. The number of carbonyl (C=O) groups excluding carboxylic acids is 1. The molecule has 0 aliphatic heterocycles. The summed E-state index contributed by atoms with van der Waals surface area (Å²) in [6.07, 6.45) is 13.6. The second kappa shape index (κ2) is 13.9. The third kappa shape index (κ3) is 13.7. The van der Waals surface area contributed by atoms with Gasteiger partial charge in [-0.05, 0) is 12.3 Å². The lowest BCUT2D eigenvalue weighted by Crippen LogP contribution is -2.27. The molecule has 0 radical (unpaired) electrons. The van der Waals surface area contributed by atoms with E-state index in [4.69, 9.17) is 0 Å². The third-order valence-electron chi connectivity index (χ3n) is 3.85. The standard InChI is InChI=1S/C17H35NO/c1-4-6-7-8-9-10-11-12-13-14-17(19)18-15-16(3)5-2/h16H,4-15H2,1-3H3,(H,18,19). The molecule has 0 aliphatic rings. The summed E-state index contributed by atoms with van der Waals surface area (Å²) < 4.78 is 0. The highest BCUT2D eigenvalue weighted by Crippen LogP contribution is 2.10. The molecule has 2 nitrogen and oxygen atoms in total. The maximum atomic E-state index is 11.6. The van der Waals surface area contributed by atoms with Gasteiger partial charge in [-0.1, -0.05) is 78.6 Å². The lowest BCUT2D eigenvalue weighted by Gasteiger charge is -2.09. The lowest BCUT2D eigenvalue weighted by molar-refractivity contribution is -0.121. The second-order valence-electron chi connectivity index (χ2n) is 5.90. The summed E-state index contributed by atoms with van der Waals surface area (Å²) in [7, 11) is 0. The van der Waals surface area contributed by atoms with Crippen LogP contribution >= 0.6 is 0 Å². The van der Waals surface area contributed by atoms with E-state index in [9.17, 15) is 4.79 Å². The van der Waals surface area contributed by atoms with E-state index < -0.39 is 0 Å². The van der Waals surface area contributed by atoms with Crippen LogP contribution in [0.5, 0.6) is 0 Å². The maximum absolute atomic E-state index is 11.6. The Morgan fingerprint density at radius 1 is 0.895 bits per heavy atom. The topological polar surface area (TPSA) is 29.1 Å². The molecule has 0 saturated heterocycles. The van der Waals surface area contributed by atoms with E-state index in [0.717, 1.165) is 19.4 Å². The number of carbonyl (C=O) groups is 1. The number of nitrogens with one attached hydrogen (secondary N) is 1. The Morgan fingerprint density at radius 3 is 1.95 bits per heavy atom. The Morgan fingerprint density at radius 2 is 1.42 bits per heavy atom. The molecule has 0 fully saturated rings. The second-order valence-corrected chi connectivity index (χ2v) is 5.90. The van der Waals surface area contributed by atoms with Gasteiger partial charge in [-0.15, -0.1) is 0 Å². The molecule has 114 valence electrons. The fourth-order valence-corrected chi connectivity index (χ4v) is 2.12. The highest BCUT2D eigenvalue weighted by molar-refractivity contribution is 5.75. The Balaban J connectivity index is 3.18. The first-order valence-electron chi connectivity index (χ1n) is 8.47. The fourth-order valence-electron chi connectivity index (χ4n) is 2.12. The monoisotopic (exact) mass is 269 g/mol. The molecule has 1 unspecified atom stereocenters. The van der Waals surface area contributed by atoms with Crippen LogP contribution in [-0.2, 0) is 4.79 Å². The Labute approximate surface area is 120 Å². The van der Waals surface area contributed by atoms with Gasteiger partial charge < -0.3 is 5.32 Å². The van der Waals surface area contributed by atoms with Crippen LogP contribution in [0.4, 0.5) is 0 Å². The zero-order chi connectivity index (χ0) is 14.3. The highest BCUT2D eigenvalue weighted by atomic mass is 16.1. The van der Waals surface area contributed by atoms with Gasteiger partial charge in [0.05, 0.1) is 0 Å². The Kier molecular flexibility index (Phi) is 13.5. The highest BCUT2D eigenvalue weighted by Gasteiger charge is 2.03. The van der Waals surface area contributed by atoms with Crippen molar-refractivity contribution >= 4 is 5.91 Å². The van der Waals surface area contributed by atoms with Gasteiger partial charge in [0.2, 0.25) is 5.91 Å². The predicted molar refractivity (Wildman–Crippen MR) is 84.3 cm³/mol. The van der Waals surface area contributed by atoms with Crippen molar-refractivity contribution < 1.29 is 4.79 Å². The van der Waals surface area contributed by atoms with Crippen LogP contribution in [0.3, 0.4) is 0 Å². The van der Waals surface area contributed by atoms with E-state index in [1.807, 2.05) is 0 Å². The quantitative estimate of drug-likeness (QED) is 0.465. The van der Waals surface area contributed by atoms with Gasteiger partial charge in [-0.3, -0.25) is 4.79 Å². The third-order valence-corrected chi connectivity index (χ3v) is 3.85. The van der Waals surface area contributed by atoms with Crippen molar-refractivity contribution in [2.24, 2.45) is 5.92 Å². The van der Waals surface area contributed by atoms with E-state index in [0.29, 0.717) is 12.3 Å². The summed E-state index contributed by atoms with van der Waals surface area (Å²) in [4.78, 5) is 11.6. The minimum atomic E-state index is 0.239. The van der Waals surface area contributed by atoms with Crippen molar-refractivity contribution in [1.82, 2.24) is 5.32 Å². The van der Waals surface area contributed by atoms with E-state index in [1.165, 1.54) is 51.4 Å². The van der Waals surface area contributed by atoms with Gasteiger partial charge in [-0.2, -0.15) is 0 Å². The Hall–Kier alpha value is -0.530. The van der Waals surface area contributed by atoms with Crippen LogP contribution in [0.2, 0.25) is 0 Å². The zero-order valence-corrected chi connectivity index (χ0v) is 13.5. The van der Waals surface area contributed by atoms with Crippen molar-refractivity contribution in [3.05, 3.63) is 0 Å². The largest absolute Gasteiger partial charge is 0.356 e. The van der Waals surface area contributed by atoms with Crippen molar-refractivity contribution in [2.75, 3.05) is 6.54 Å². The van der Waals surface area contributed by atoms with Crippen molar-refractivity contribution in [1.29, 1.82) is 0 Å². The van der Waals surface area contributed by atoms with Crippen LogP contribution in [0.25, 0.3) is 0 Å². The molecule has 0 aromatic rings. The Bertz CT molecular complexity index is 203. The van der Waals surface area contributed by atoms with Crippen LogP contribution in [-0.4, -0.2) is 12.5 Å².